The molecule has 0 saturated carbocycles. The van der Waals surface area contributed by atoms with Crippen LogP contribution in [0.25, 0.3) is 0 Å². The molecule has 0 aromatic carbocycles. The summed E-state index contributed by atoms with van der Waals surface area (Å²) >= 11 is 2.04. The molecule has 0 aliphatic carbocycles. The first kappa shape index (κ1) is 14.3. The summed E-state index contributed by atoms with van der Waals surface area (Å²) in [4.78, 5) is 0. The lowest BCUT2D eigenvalue weighted by atomic mass is 9.88. The van der Waals surface area contributed by atoms with Crippen molar-refractivity contribution < 1.29 is 9.84 Å². The molecule has 0 aromatic rings. The Labute approximate surface area is 112 Å². The summed E-state index contributed by atoms with van der Waals surface area (Å²) < 4.78 is 8.46. The van der Waals surface area contributed by atoms with E-state index in [0.29, 0.717) is 6.61 Å². The smallest absolute Gasteiger partial charge is 0.179 e. The summed E-state index contributed by atoms with van der Waals surface area (Å²) in [5, 5.41) is 10.4. The predicted molar refractivity (Wildman–Crippen MR) is 74.2 cm³/mol. The number of unbranched alkanes of at least 4 members (excludes halogenated alkanes) is 2. The first-order valence-electron chi connectivity index (χ1n) is 6.20. The zero-order valence-corrected chi connectivity index (χ0v) is 12.1. The SMILES string of the molecule is CCCCCC(C#CI)C1(O)CCCCO1. The third-order valence-electron chi connectivity index (χ3n) is 3.15. The van der Waals surface area contributed by atoms with E-state index in [1.807, 2.05) is 22.6 Å². The summed E-state index contributed by atoms with van der Waals surface area (Å²) in [6, 6.07) is 0. The van der Waals surface area contributed by atoms with Gasteiger partial charge in [-0.25, -0.2) is 0 Å². The lowest BCUT2D eigenvalue weighted by Gasteiger charge is -2.36. The average Bonchev–Trinajstić information content (AvgIpc) is 2.29. The Bertz CT molecular complexity index is 248. The Morgan fingerprint density at radius 1 is 1.44 bits per heavy atom. The van der Waals surface area contributed by atoms with Gasteiger partial charge in [0.2, 0.25) is 0 Å². The maximum absolute atomic E-state index is 10.4. The summed E-state index contributed by atoms with van der Waals surface area (Å²) in [6.07, 6.45) is 7.30. The van der Waals surface area contributed by atoms with Crippen LogP contribution >= 0.6 is 22.6 Å². The molecule has 1 saturated heterocycles. The first-order chi connectivity index (χ1) is 7.73. The molecule has 0 radical (unpaired) electrons. The second-order valence-electron chi connectivity index (χ2n) is 4.44. The van der Waals surface area contributed by atoms with Gasteiger partial charge in [0.15, 0.2) is 5.79 Å². The van der Waals surface area contributed by atoms with Crippen LogP contribution in [0, 0.1) is 15.8 Å². The minimum absolute atomic E-state index is 0.0174. The molecule has 1 aliphatic heterocycles. The van der Waals surface area contributed by atoms with Crippen LogP contribution in [0.1, 0.15) is 51.9 Å². The highest BCUT2D eigenvalue weighted by Gasteiger charge is 2.37. The van der Waals surface area contributed by atoms with Crippen molar-refractivity contribution in [3.63, 3.8) is 0 Å². The van der Waals surface area contributed by atoms with E-state index in [9.17, 15) is 5.11 Å². The van der Waals surface area contributed by atoms with Gasteiger partial charge in [0, 0.05) is 29.0 Å². The third-order valence-corrected chi connectivity index (χ3v) is 3.46. The molecule has 0 spiro atoms. The van der Waals surface area contributed by atoms with E-state index >= 15 is 0 Å². The Kier molecular flexibility index (Phi) is 6.71. The Hall–Kier alpha value is 0.210. The molecule has 1 aliphatic rings. The van der Waals surface area contributed by atoms with Crippen molar-refractivity contribution in [3.8, 4) is 9.85 Å². The molecule has 2 unspecified atom stereocenters. The van der Waals surface area contributed by atoms with Crippen molar-refractivity contribution in [3.05, 3.63) is 0 Å². The molecule has 92 valence electrons. The molecule has 2 atom stereocenters. The number of ether oxygens (including phenoxy) is 1. The van der Waals surface area contributed by atoms with Gasteiger partial charge in [-0.2, -0.15) is 0 Å². The minimum Gasteiger partial charge on any atom is -0.364 e. The Morgan fingerprint density at radius 3 is 2.81 bits per heavy atom. The highest BCUT2D eigenvalue weighted by molar-refractivity contribution is 14.1. The average molecular weight is 336 g/mol. The van der Waals surface area contributed by atoms with E-state index in [1.165, 1.54) is 12.8 Å². The molecule has 1 fully saturated rings. The van der Waals surface area contributed by atoms with Gasteiger partial charge in [-0.3, -0.25) is 0 Å². The highest BCUT2D eigenvalue weighted by atomic mass is 127. The van der Waals surface area contributed by atoms with Crippen LogP contribution < -0.4 is 0 Å². The van der Waals surface area contributed by atoms with Crippen LogP contribution in [0.4, 0.5) is 0 Å². The second-order valence-corrected chi connectivity index (χ2v) is 4.98. The lowest BCUT2D eigenvalue weighted by Crippen LogP contribution is -2.43. The zero-order chi connectivity index (χ0) is 11.9. The van der Waals surface area contributed by atoms with Crippen molar-refractivity contribution in [2.24, 2.45) is 5.92 Å². The standard InChI is InChI=1S/C13H21IO2/c1-2-3-4-7-12(8-10-14)13(15)9-5-6-11-16-13/h12,15H,2-7,9,11H2,1H3. The molecule has 1 N–H and O–H groups in total. The van der Waals surface area contributed by atoms with Crippen molar-refractivity contribution in [1.82, 2.24) is 0 Å². The largest absolute Gasteiger partial charge is 0.364 e. The number of hydrogen-bond donors (Lipinski definition) is 1. The molecule has 0 amide bonds. The van der Waals surface area contributed by atoms with Crippen molar-refractivity contribution in [2.45, 2.75) is 57.7 Å². The van der Waals surface area contributed by atoms with Gasteiger partial charge in [-0.15, -0.1) is 0 Å². The van der Waals surface area contributed by atoms with Gasteiger partial charge in [0.25, 0.3) is 0 Å². The summed E-state index contributed by atoms with van der Waals surface area (Å²) in [7, 11) is 0. The Balaban J connectivity index is 2.55. The monoisotopic (exact) mass is 336 g/mol. The fourth-order valence-electron chi connectivity index (χ4n) is 2.15. The molecule has 1 heterocycles. The maximum Gasteiger partial charge on any atom is 0.179 e. The fraction of sp³-hybridized carbons (Fsp3) is 0.846. The van der Waals surface area contributed by atoms with Crippen LogP contribution in [0.2, 0.25) is 0 Å². The third kappa shape index (κ3) is 4.23. The number of rotatable bonds is 5. The van der Waals surface area contributed by atoms with Gasteiger partial charge in [0.1, 0.15) is 0 Å². The molecular formula is C13H21IO2. The molecule has 0 bridgehead atoms. The topological polar surface area (TPSA) is 29.5 Å². The predicted octanol–water partition coefficient (Wildman–Crippen LogP) is 3.47. The molecule has 16 heavy (non-hydrogen) atoms. The lowest BCUT2D eigenvalue weighted by molar-refractivity contribution is -0.246. The van der Waals surface area contributed by atoms with Crippen LogP contribution in [0.5, 0.6) is 0 Å². The quantitative estimate of drug-likeness (QED) is 0.473. The normalized spacial score (nSPS) is 26.9. The van der Waals surface area contributed by atoms with Crippen LogP contribution in [-0.2, 0) is 4.74 Å². The molecular weight excluding hydrogens is 315 g/mol. The summed E-state index contributed by atoms with van der Waals surface area (Å²) in [5.74, 6) is 2.11. The van der Waals surface area contributed by atoms with Crippen molar-refractivity contribution in [2.75, 3.05) is 6.61 Å². The Morgan fingerprint density at radius 2 is 2.25 bits per heavy atom. The fourth-order valence-corrected chi connectivity index (χ4v) is 2.53. The first-order valence-corrected chi connectivity index (χ1v) is 7.28. The molecule has 0 aromatic heterocycles. The second kappa shape index (κ2) is 7.52. The van der Waals surface area contributed by atoms with Gasteiger partial charge in [0.05, 0.1) is 12.5 Å². The van der Waals surface area contributed by atoms with Gasteiger partial charge in [-0.1, -0.05) is 32.1 Å². The molecule has 3 heteroatoms. The minimum atomic E-state index is -0.982. The van der Waals surface area contributed by atoms with Crippen LogP contribution in [-0.4, -0.2) is 17.5 Å². The number of aliphatic hydroxyl groups is 1. The highest BCUT2D eigenvalue weighted by Crippen LogP contribution is 2.32. The van der Waals surface area contributed by atoms with E-state index in [2.05, 4.69) is 16.8 Å². The van der Waals surface area contributed by atoms with E-state index < -0.39 is 5.79 Å². The van der Waals surface area contributed by atoms with E-state index in [0.717, 1.165) is 32.1 Å². The van der Waals surface area contributed by atoms with Crippen molar-refractivity contribution >= 4 is 22.6 Å². The van der Waals surface area contributed by atoms with E-state index in [4.69, 9.17) is 4.74 Å². The van der Waals surface area contributed by atoms with Gasteiger partial charge < -0.3 is 9.84 Å². The van der Waals surface area contributed by atoms with Crippen LogP contribution in [0.15, 0.2) is 0 Å². The molecule has 2 nitrogen and oxygen atoms in total. The molecule has 1 rings (SSSR count). The summed E-state index contributed by atoms with van der Waals surface area (Å²) in [5.41, 5.74) is 0. The zero-order valence-electron chi connectivity index (χ0n) is 9.97. The van der Waals surface area contributed by atoms with Gasteiger partial charge >= 0.3 is 0 Å². The number of hydrogen-bond acceptors (Lipinski definition) is 2. The van der Waals surface area contributed by atoms with E-state index in [-0.39, 0.29) is 5.92 Å². The van der Waals surface area contributed by atoms with E-state index in [1.54, 1.807) is 0 Å². The number of halogens is 1. The van der Waals surface area contributed by atoms with Gasteiger partial charge in [-0.05, 0) is 23.2 Å². The van der Waals surface area contributed by atoms with Crippen molar-refractivity contribution in [1.29, 1.82) is 0 Å². The summed E-state index contributed by atoms with van der Waals surface area (Å²) in [6.45, 7) is 2.86. The van der Waals surface area contributed by atoms with Crippen LogP contribution in [0.3, 0.4) is 0 Å². The maximum atomic E-state index is 10.4.